The molecule has 0 atom stereocenters. The van der Waals surface area contributed by atoms with Crippen LogP contribution >= 0.6 is 11.3 Å². The summed E-state index contributed by atoms with van der Waals surface area (Å²) in [5.41, 5.74) is 1.18. The number of pyridine rings is 1. The average Bonchev–Trinajstić information content (AvgIpc) is 3.10. The van der Waals surface area contributed by atoms with Crippen molar-refractivity contribution in [2.45, 2.75) is 0 Å². The van der Waals surface area contributed by atoms with Gasteiger partial charge in [-0.1, -0.05) is 17.4 Å². The van der Waals surface area contributed by atoms with E-state index in [1.165, 1.54) is 11.3 Å². The molecular weight excluding hydrogens is 328 g/mol. The van der Waals surface area contributed by atoms with E-state index >= 15 is 0 Å². The van der Waals surface area contributed by atoms with E-state index in [0.717, 1.165) is 11.3 Å². The molecule has 0 aliphatic carbocycles. The Balaban J connectivity index is 1.53. The fourth-order valence-electron chi connectivity index (χ4n) is 2.23. The first-order valence-corrected chi connectivity index (χ1v) is 8.07. The van der Waals surface area contributed by atoms with Gasteiger partial charge in [-0.15, -0.1) is 10.2 Å². The fraction of sp³-hybridized carbons (Fsp3) is 0.125. The smallest absolute Gasteiger partial charge is 0.276 e. The summed E-state index contributed by atoms with van der Waals surface area (Å²) in [4.78, 5) is 16.1. The van der Waals surface area contributed by atoms with Crippen LogP contribution in [-0.4, -0.2) is 34.3 Å². The maximum atomic E-state index is 12.1. The van der Waals surface area contributed by atoms with Crippen molar-refractivity contribution in [2.75, 3.05) is 18.5 Å². The Morgan fingerprint density at radius 1 is 1.08 bits per heavy atom. The maximum absolute atomic E-state index is 12.1. The van der Waals surface area contributed by atoms with Crippen LogP contribution < -0.4 is 14.8 Å². The van der Waals surface area contributed by atoms with E-state index < -0.39 is 0 Å². The molecule has 7 nitrogen and oxygen atoms in total. The van der Waals surface area contributed by atoms with E-state index in [1.807, 2.05) is 18.2 Å². The van der Waals surface area contributed by atoms with Gasteiger partial charge < -0.3 is 9.47 Å². The molecule has 120 valence electrons. The Morgan fingerprint density at radius 2 is 1.96 bits per heavy atom. The Kier molecular flexibility index (Phi) is 3.80. The van der Waals surface area contributed by atoms with Gasteiger partial charge in [-0.2, -0.15) is 0 Å². The van der Waals surface area contributed by atoms with E-state index in [1.54, 1.807) is 24.4 Å². The van der Waals surface area contributed by atoms with Crippen LogP contribution in [0.15, 0.2) is 42.6 Å². The molecule has 0 saturated carbocycles. The van der Waals surface area contributed by atoms with Crippen molar-refractivity contribution in [3.05, 3.63) is 48.3 Å². The first kappa shape index (κ1) is 14.6. The minimum Gasteiger partial charge on any atom is -0.486 e. The largest absolute Gasteiger partial charge is 0.486 e. The van der Waals surface area contributed by atoms with Crippen molar-refractivity contribution >= 4 is 22.4 Å². The zero-order valence-corrected chi connectivity index (χ0v) is 13.2. The number of ether oxygens (including phenoxy) is 2. The first-order valence-electron chi connectivity index (χ1n) is 7.25. The molecule has 0 radical (unpaired) electrons. The summed E-state index contributed by atoms with van der Waals surface area (Å²) in [6.45, 7) is 1.08. The average molecular weight is 340 g/mol. The number of rotatable bonds is 3. The van der Waals surface area contributed by atoms with Gasteiger partial charge in [0.15, 0.2) is 11.5 Å². The minimum atomic E-state index is -0.319. The van der Waals surface area contributed by atoms with Gasteiger partial charge in [0.2, 0.25) is 5.13 Å². The van der Waals surface area contributed by atoms with Crippen LogP contribution in [0.4, 0.5) is 5.13 Å². The summed E-state index contributed by atoms with van der Waals surface area (Å²) in [5.74, 6) is 1.09. The lowest BCUT2D eigenvalue weighted by atomic mass is 10.2. The van der Waals surface area contributed by atoms with E-state index in [0.29, 0.717) is 34.8 Å². The highest BCUT2D eigenvalue weighted by Gasteiger charge is 2.16. The standard InChI is InChI=1S/C16H12N4O3S/c21-14(11-3-1-2-6-17-11)18-16-20-19-15(24-16)10-4-5-12-13(9-10)23-8-7-22-12/h1-6,9H,7-8H2,(H,18,20,21). The maximum Gasteiger partial charge on any atom is 0.276 e. The van der Waals surface area contributed by atoms with Crippen molar-refractivity contribution < 1.29 is 14.3 Å². The molecule has 0 bridgehead atoms. The van der Waals surface area contributed by atoms with Crippen molar-refractivity contribution in [1.82, 2.24) is 15.2 Å². The zero-order valence-electron chi connectivity index (χ0n) is 12.4. The van der Waals surface area contributed by atoms with Crippen molar-refractivity contribution in [1.29, 1.82) is 0 Å². The second kappa shape index (κ2) is 6.25. The van der Waals surface area contributed by atoms with Gasteiger partial charge in [-0.3, -0.25) is 15.1 Å². The molecule has 3 heterocycles. The number of carbonyl (C=O) groups excluding carboxylic acids is 1. The lowest BCUT2D eigenvalue weighted by molar-refractivity contribution is 0.102. The molecule has 8 heteroatoms. The topological polar surface area (TPSA) is 86.2 Å². The highest BCUT2D eigenvalue weighted by Crippen LogP contribution is 2.36. The number of aromatic nitrogens is 3. The number of nitrogens with one attached hydrogen (secondary N) is 1. The molecule has 1 amide bonds. The summed E-state index contributed by atoms with van der Waals surface area (Å²) < 4.78 is 11.1. The van der Waals surface area contributed by atoms with Gasteiger partial charge in [0.05, 0.1) is 0 Å². The molecular formula is C16H12N4O3S. The fourth-order valence-corrected chi connectivity index (χ4v) is 2.96. The van der Waals surface area contributed by atoms with Crippen LogP contribution in [0.5, 0.6) is 11.5 Å². The second-order valence-electron chi connectivity index (χ2n) is 4.94. The lowest BCUT2D eigenvalue weighted by Gasteiger charge is -2.18. The van der Waals surface area contributed by atoms with Crippen LogP contribution in [0, 0.1) is 0 Å². The third kappa shape index (κ3) is 2.91. The van der Waals surface area contributed by atoms with Crippen LogP contribution in [0.25, 0.3) is 10.6 Å². The van der Waals surface area contributed by atoms with Crippen LogP contribution in [0.2, 0.25) is 0 Å². The summed E-state index contributed by atoms with van der Waals surface area (Å²) in [7, 11) is 0. The number of hydrogen-bond donors (Lipinski definition) is 1. The summed E-state index contributed by atoms with van der Waals surface area (Å²) in [6, 6.07) is 10.7. The monoisotopic (exact) mass is 340 g/mol. The van der Waals surface area contributed by atoms with Crippen LogP contribution in [0.1, 0.15) is 10.5 Å². The lowest BCUT2D eigenvalue weighted by Crippen LogP contribution is -2.15. The number of nitrogens with zero attached hydrogens (tertiary/aromatic N) is 3. The number of anilines is 1. The Bertz CT molecular complexity index is 882. The third-order valence-electron chi connectivity index (χ3n) is 3.33. The molecule has 1 N–H and O–H groups in total. The number of benzene rings is 1. The number of carbonyl (C=O) groups is 1. The third-order valence-corrected chi connectivity index (χ3v) is 4.22. The molecule has 24 heavy (non-hydrogen) atoms. The molecule has 1 aliphatic heterocycles. The highest BCUT2D eigenvalue weighted by atomic mass is 32.1. The molecule has 0 unspecified atom stereocenters. The van der Waals surface area contributed by atoms with E-state index in [9.17, 15) is 4.79 Å². The Labute approximate surface area is 141 Å². The molecule has 3 aromatic rings. The predicted octanol–water partition coefficient (Wildman–Crippen LogP) is 2.62. The first-order chi connectivity index (χ1) is 11.8. The van der Waals surface area contributed by atoms with Crippen molar-refractivity contribution in [3.63, 3.8) is 0 Å². The molecule has 0 saturated heterocycles. The number of amides is 1. The van der Waals surface area contributed by atoms with Gasteiger partial charge in [-0.05, 0) is 30.3 Å². The predicted molar refractivity (Wildman–Crippen MR) is 88.5 cm³/mol. The second-order valence-corrected chi connectivity index (χ2v) is 5.92. The van der Waals surface area contributed by atoms with E-state index in [2.05, 4.69) is 20.5 Å². The SMILES string of the molecule is O=C(Nc1nnc(-c2ccc3c(c2)OCCO3)s1)c1ccccn1. The Morgan fingerprint density at radius 3 is 2.79 bits per heavy atom. The van der Waals surface area contributed by atoms with Gasteiger partial charge in [-0.25, -0.2) is 0 Å². The molecule has 0 spiro atoms. The van der Waals surface area contributed by atoms with Crippen LogP contribution in [-0.2, 0) is 0 Å². The van der Waals surface area contributed by atoms with Gasteiger partial charge >= 0.3 is 0 Å². The number of fused-ring (bicyclic) bond motifs is 1. The minimum absolute atomic E-state index is 0.319. The quantitative estimate of drug-likeness (QED) is 0.789. The van der Waals surface area contributed by atoms with E-state index in [-0.39, 0.29) is 5.91 Å². The molecule has 1 aromatic carbocycles. The normalized spacial score (nSPS) is 12.7. The van der Waals surface area contributed by atoms with E-state index in [4.69, 9.17) is 9.47 Å². The van der Waals surface area contributed by atoms with Gasteiger partial charge in [0.25, 0.3) is 5.91 Å². The molecule has 2 aromatic heterocycles. The van der Waals surface area contributed by atoms with Crippen molar-refractivity contribution in [2.24, 2.45) is 0 Å². The Hall–Kier alpha value is -3.00. The number of hydrogen-bond acceptors (Lipinski definition) is 7. The van der Waals surface area contributed by atoms with Crippen molar-refractivity contribution in [3.8, 4) is 22.1 Å². The summed E-state index contributed by atoms with van der Waals surface area (Å²) >= 11 is 1.28. The zero-order chi connectivity index (χ0) is 16.4. The van der Waals surface area contributed by atoms with Crippen LogP contribution in [0.3, 0.4) is 0 Å². The molecule has 4 rings (SSSR count). The highest BCUT2D eigenvalue weighted by molar-refractivity contribution is 7.18. The van der Waals surface area contributed by atoms with Gasteiger partial charge in [0.1, 0.15) is 23.9 Å². The van der Waals surface area contributed by atoms with Gasteiger partial charge in [0, 0.05) is 11.8 Å². The molecule has 1 aliphatic rings. The molecule has 0 fully saturated rings. The summed E-state index contributed by atoms with van der Waals surface area (Å²) in [5, 5.41) is 11.9. The summed E-state index contributed by atoms with van der Waals surface area (Å²) in [6.07, 6.45) is 1.57.